The fraction of sp³-hybridized carbons (Fsp3) is 0.143. The molecule has 0 amide bonds. The van der Waals surface area contributed by atoms with Crippen LogP contribution < -0.4 is 26.5 Å². The van der Waals surface area contributed by atoms with E-state index in [9.17, 15) is 0 Å². The van der Waals surface area contributed by atoms with Crippen LogP contribution in [-0.2, 0) is 6.61 Å². The summed E-state index contributed by atoms with van der Waals surface area (Å²) in [6, 6.07) is 18.4. The van der Waals surface area contributed by atoms with Crippen LogP contribution in [-0.4, -0.2) is 30.2 Å². The van der Waals surface area contributed by atoms with Crippen LogP contribution in [0.2, 0.25) is 0 Å². The van der Waals surface area contributed by atoms with Gasteiger partial charge in [-0.05, 0) is 24.3 Å². The van der Waals surface area contributed by atoms with Crippen LogP contribution in [0.5, 0.6) is 11.5 Å². The Labute approximate surface area is 134 Å². The Balaban J connectivity index is 0.00000144. The van der Waals surface area contributed by atoms with Crippen molar-refractivity contribution in [3.63, 3.8) is 0 Å². The molecule has 0 aliphatic heterocycles. The summed E-state index contributed by atoms with van der Waals surface area (Å²) in [6.45, 7) is 0.535. The molecule has 2 rings (SSSR count). The Bertz CT molecular complexity index is 431. The van der Waals surface area contributed by atoms with E-state index in [-0.39, 0.29) is 40.0 Å². The molecule has 0 fully saturated rings. The quantitative estimate of drug-likeness (QED) is 0.569. The molecule has 0 spiro atoms. The first kappa shape index (κ1) is 17.3. The summed E-state index contributed by atoms with van der Waals surface area (Å²) in [6.07, 6.45) is 0. The van der Waals surface area contributed by atoms with Crippen molar-refractivity contribution in [1.82, 2.24) is 0 Å². The van der Waals surface area contributed by atoms with Crippen LogP contribution >= 0.6 is 0 Å². The maximum atomic E-state index is 5.60. The second kappa shape index (κ2) is 9.25. The largest absolute Gasteiger partial charge is 2.00 e. The summed E-state index contributed by atoms with van der Waals surface area (Å²) in [5.41, 5.74) is 1.04. The van der Waals surface area contributed by atoms with Gasteiger partial charge in [0.25, 0.3) is 0 Å². The summed E-state index contributed by atoms with van der Waals surface area (Å²) in [7, 11) is 1.65. The molecule has 0 saturated carbocycles. The van der Waals surface area contributed by atoms with Gasteiger partial charge in [-0.3, -0.25) is 0 Å². The fourth-order valence-corrected chi connectivity index (χ4v) is 1.35. The number of hydrogen-bond acceptors (Lipinski definition) is 2. The molecule has 0 aromatic heterocycles. The molecule has 0 N–H and O–H groups in total. The number of halogens is 1. The third-order valence-corrected chi connectivity index (χ3v) is 2.23. The molecule has 0 aliphatic carbocycles. The van der Waals surface area contributed by atoms with Gasteiger partial charge in [0.15, 0.2) is 0 Å². The molecular weight excluding hydrogens is 304 g/mol. The van der Waals surface area contributed by atoms with Crippen molar-refractivity contribution in [3.8, 4) is 11.5 Å². The summed E-state index contributed by atoms with van der Waals surface area (Å²) in [5, 5.41) is 0. The molecule has 0 radical (unpaired) electrons. The van der Waals surface area contributed by atoms with Crippen molar-refractivity contribution in [3.05, 3.63) is 60.2 Å². The second-order valence-corrected chi connectivity index (χ2v) is 3.35. The predicted octanol–water partition coefficient (Wildman–Crippen LogP) is -0.302. The van der Waals surface area contributed by atoms with Gasteiger partial charge >= 0.3 is 23.1 Å². The summed E-state index contributed by atoms with van der Waals surface area (Å²) < 4.78 is 10.7. The average Bonchev–Trinajstić information content (AvgIpc) is 2.38. The minimum Gasteiger partial charge on any atom is -1.00 e. The van der Waals surface area contributed by atoms with E-state index in [1.165, 1.54) is 0 Å². The van der Waals surface area contributed by atoms with Gasteiger partial charge in [0, 0.05) is 0 Å². The Morgan fingerprint density at radius 1 is 1.00 bits per heavy atom. The van der Waals surface area contributed by atoms with Crippen molar-refractivity contribution in [2.24, 2.45) is 0 Å². The number of hydrogen-bond donors (Lipinski definition) is 0. The van der Waals surface area contributed by atoms with E-state index in [1.54, 1.807) is 7.11 Å². The SMILES string of the molecule is COc1ccc(OCc2[c-]cccc2)cc1.[Br-].[Mg+2]. The van der Waals surface area contributed by atoms with E-state index in [0.29, 0.717) is 6.61 Å². The van der Waals surface area contributed by atoms with Gasteiger partial charge in [0.2, 0.25) is 0 Å². The van der Waals surface area contributed by atoms with Crippen molar-refractivity contribution in [1.29, 1.82) is 0 Å². The van der Waals surface area contributed by atoms with E-state index in [4.69, 9.17) is 9.47 Å². The van der Waals surface area contributed by atoms with E-state index in [0.717, 1.165) is 17.1 Å². The molecule has 0 aliphatic rings. The standard InChI is InChI=1S/C14H13O2.BrH.Mg/c1-15-13-7-9-14(10-8-13)16-11-12-5-3-2-4-6-12;;/h2-5,7-10H,11H2,1H3;1H;/q-1;;+2/p-1. The number of ether oxygens (including phenoxy) is 2. The van der Waals surface area contributed by atoms with Gasteiger partial charge in [-0.25, -0.2) is 0 Å². The van der Waals surface area contributed by atoms with E-state index in [1.807, 2.05) is 48.5 Å². The Morgan fingerprint density at radius 3 is 2.22 bits per heavy atom. The molecule has 0 bridgehead atoms. The van der Waals surface area contributed by atoms with Crippen LogP contribution in [0.15, 0.2) is 48.5 Å². The molecule has 0 heterocycles. The molecule has 2 aromatic rings. The average molecular weight is 317 g/mol. The van der Waals surface area contributed by atoms with Gasteiger partial charge in [-0.1, -0.05) is 0 Å². The van der Waals surface area contributed by atoms with Gasteiger partial charge in [0.05, 0.1) is 13.7 Å². The van der Waals surface area contributed by atoms with E-state index >= 15 is 0 Å². The molecule has 4 heteroatoms. The van der Waals surface area contributed by atoms with Gasteiger partial charge < -0.3 is 26.5 Å². The summed E-state index contributed by atoms with van der Waals surface area (Å²) in [4.78, 5) is 0. The molecule has 2 nitrogen and oxygen atoms in total. The monoisotopic (exact) mass is 316 g/mol. The molecule has 90 valence electrons. The van der Waals surface area contributed by atoms with E-state index < -0.39 is 0 Å². The zero-order chi connectivity index (χ0) is 11.2. The minimum absolute atomic E-state index is 0. The van der Waals surface area contributed by atoms with Gasteiger partial charge in [-0.15, -0.1) is 5.56 Å². The smallest absolute Gasteiger partial charge is 1.00 e. The maximum absolute atomic E-state index is 5.60. The summed E-state index contributed by atoms with van der Waals surface area (Å²) >= 11 is 0. The molecule has 0 atom stereocenters. The normalized spacial score (nSPS) is 8.72. The van der Waals surface area contributed by atoms with Crippen LogP contribution in [0.25, 0.3) is 0 Å². The Hall–Kier alpha value is -0.714. The van der Waals surface area contributed by atoms with Gasteiger partial charge in [-0.2, -0.15) is 30.3 Å². The molecular formula is C14H13BrMgO2. The maximum Gasteiger partial charge on any atom is 2.00 e. The topological polar surface area (TPSA) is 18.5 Å². The zero-order valence-electron chi connectivity index (χ0n) is 10.2. The van der Waals surface area contributed by atoms with Crippen LogP contribution in [0, 0.1) is 6.07 Å². The first-order valence-electron chi connectivity index (χ1n) is 5.11. The Morgan fingerprint density at radius 2 is 1.67 bits per heavy atom. The van der Waals surface area contributed by atoms with Crippen LogP contribution in [0.3, 0.4) is 0 Å². The third kappa shape index (κ3) is 5.29. The number of methoxy groups -OCH3 is 1. The second-order valence-electron chi connectivity index (χ2n) is 3.35. The molecule has 0 unspecified atom stereocenters. The molecule has 0 saturated heterocycles. The van der Waals surface area contributed by atoms with E-state index in [2.05, 4.69) is 6.07 Å². The minimum atomic E-state index is 0. The fourth-order valence-electron chi connectivity index (χ4n) is 1.35. The molecule has 2 aromatic carbocycles. The van der Waals surface area contributed by atoms with Crippen molar-refractivity contribution < 1.29 is 26.5 Å². The number of benzene rings is 2. The van der Waals surface area contributed by atoms with Crippen molar-refractivity contribution in [2.45, 2.75) is 6.61 Å². The Kier molecular flexibility index (Phi) is 8.88. The molecule has 18 heavy (non-hydrogen) atoms. The zero-order valence-corrected chi connectivity index (χ0v) is 13.2. The number of rotatable bonds is 4. The predicted molar refractivity (Wildman–Crippen MR) is 68.4 cm³/mol. The van der Waals surface area contributed by atoms with Crippen molar-refractivity contribution in [2.75, 3.05) is 7.11 Å². The van der Waals surface area contributed by atoms with Crippen LogP contribution in [0.4, 0.5) is 0 Å². The van der Waals surface area contributed by atoms with Crippen LogP contribution in [0.1, 0.15) is 5.56 Å². The van der Waals surface area contributed by atoms with Crippen molar-refractivity contribution >= 4 is 23.1 Å². The first-order chi connectivity index (χ1) is 7.88. The third-order valence-electron chi connectivity index (χ3n) is 2.23. The first-order valence-corrected chi connectivity index (χ1v) is 5.11. The van der Waals surface area contributed by atoms with Gasteiger partial charge in [0.1, 0.15) is 11.5 Å². The summed E-state index contributed by atoms with van der Waals surface area (Å²) in [5.74, 6) is 1.66.